The van der Waals surface area contributed by atoms with Crippen molar-refractivity contribution < 1.29 is 22.7 Å². The van der Waals surface area contributed by atoms with Crippen LogP contribution in [-0.4, -0.2) is 44.2 Å². The van der Waals surface area contributed by atoms with Crippen molar-refractivity contribution in [3.8, 4) is 0 Å². The van der Waals surface area contributed by atoms with Gasteiger partial charge < -0.3 is 10.1 Å². The Kier molecular flexibility index (Phi) is 6.23. The smallest absolute Gasteiger partial charge is 0.328 e. The van der Waals surface area contributed by atoms with E-state index in [1.54, 1.807) is 36.4 Å². The Morgan fingerprint density at radius 1 is 1.00 bits per heavy atom. The number of ether oxygens (including phenoxy) is 1. The average Bonchev–Trinajstić information content (AvgIpc) is 2.76. The largest absolute Gasteiger partial charge is 0.467 e. The highest BCUT2D eigenvalue weighted by atomic mass is 32.2. The molecule has 3 aromatic rings. The fourth-order valence-electron chi connectivity index (χ4n) is 2.83. The molecule has 1 heterocycles. The number of fused-ring (bicyclic) bond motifs is 1. The number of benzene rings is 2. The SMILES string of the molecule is COC(=O)[C@H](CCS(=O)(=O)c1ccccc1)NC(=O)c1ccc2ccccc2n1. The predicted octanol–water partition coefficient (Wildman–Crippen LogP) is 2.37. The molecule has 2 aromatic carbocycles. The van der Waals surface area contributed by atoms with Crippen molar-refractivity contribution in [2.24, 2.45) is 0 Å². The number of para-hydroxylation sites is 1. The van der Waals surface area contributed by atoms with Gasteiger partial charge in [0, 0.05) is 5.39 Å². The van der Waals surface area contributed by atoms with Crippen molar-refractivity contribution in [1.29, 1.82) is 0 Å². The van der Waals surface area contributed by atoms with Crippen LogP contribution in [0.15, 0.2) is 71.6 Å². The second-order valence-corrected chi connectivity index (χ2v) is 8.47. The van der Waals surface area contributed by atoms with Gasteiger partial charge in [0.2, 0.25) is 0 Å². The highest BCUT2D eigenvalue weighted by Gasteiger charge is 2.26. The van der Waals surface area contributed by atoms with Crippen molar-refractivity contribution >= 4 is 32.6 Å². The van der Waals surface area contributed by atoms with E-state index in [0.29, 0.717) is 5.52 Å². The molecular formula is C21H20N2O5S. The molecule has 0 spiro atoms. The molecule has 8 heteroatoms. The minimum Gasteiger partial charge on any atom is -0.467 e. The molecule has 29 heavy (non-hydrogen) atoms. The first-order valence-electron chi connectivity index (χ1n) is 8.93. The highest BCUT2D eigenvalue weighted by molar-refractivity contribution is 7.91. The fourth-order valence-corrected chi connectivity index (χ4v) is 4.19. The van der Waals surface area contributed by atoms with E-state index >= 15 is 0 Å². The first-order valence-corrected chi connectivity index (χ1v) is 10.6. The summed E-state index contributed by atoms with van der Waals surface area (Å²) in [6.45, 7) is 0. The standard InChI is InChI=1S/C21H20N2O5S/c1-28-21(25)19(13-14-29(26,27)16-8-3-2-4-9-16)23-20(24)18-12-11-15-7-5-6-10-17(15)22-18/h2-12,19H,13-14H2,1H3,(H,23,24)/t19-/m0/s1. The molecule has 0 saturated heterocycles. The Morgan fingerprint density at radius 2 is 1.69 bits per heavy atom. The third-order valence-electron chi connectivity index (χ3n) is 4.40. The van der Waals surface area contributed by atoms with E-state index < -0.39 is 27.8 Å². The van der Waals surface area contributed by atoms with Crippen LogP contribution < -0.4 is 5.32 Å². The lowest BCUT2D eigenvalue weighted by atomic mass is 10.2. The number of nitrogens with one attached hydrogen (secondary N) is 1. The number of sulfone groups is 1. The van der Waals surface area contributed by atoms with Gasteiger partial charge in [-0.15, -0.1) is 0 Å². The molecule has 150 valence electrons. The van der Waals surface area contributed by atoms with Crippen LogP contribution in [0.2, 0.25) is 0 Å². The van der Waals surface area contributed by atoms with Gasteiger partial charge in [-0.2, -0.15) is 0 Å². The lowest BCUT2D eigenvalue weighted by Gasteiger charge is -2.16. The molecule has 0 aliphatic rings. The van der Waals surface area contributed by atoms with E-state index in [0.717, 1.165) is 5.39 Å². The van der Waals surface area contributed by atoms with Crippen LogP contribution in [0.4, 0.5) is 0 Å². The third-order valence-corrected chi connectivity index (χ3v) is 6.16. The number of hydrogen-bond acceptors (Lipinski definition) is 6. The topological polar surface area (TPSA) is 102 Å². The molecule has 1 N–H and O–H groups in total. The summed E-state index contributed by atoms with van der Waals surface area (Å²) in [7, 11) is -2.42. The summed E-state index contributed by atoms with van der Waals surface area (Å²) >= 11 is 0. The maximum absolute atomic E-state index is 12.6. The van der Waals surface area contributed by atoms with E-state index in [1.165, 1.54) is 19.2 Å². The minimum absolute atomic E-state index is 0.122. The molecule has 0 radical (unpaired) electrons. The van der Waals surface area contributed by atoms with Gasteiger partial charge in [-0.1, -0.05) is 42.5 Å². The quantitative estimate of drug-likeness (QED) is 0.598. The lowest BCUT2D eigenvalue weighted by molar-refractivity contribution is -0.142. The Bertz CT molecular complexity index is 1130. The Hall–Kier alpha value is -3.26. The highest BCUT2D eigenvalue weighted by Crippen LogP contribution is 2.14. The monoisotopic (exact) mass is 412 g/mol. The summed E-state index contributed by atoms with van der Waals surface area (Å²) in [5, 5.41) is 3.41. The van der Waals surface area contributed by atoms with E-state index in [1.807, 2.05) is 18.2 Å². The zero-order valence-corrected chi connectivity index (χ0v) is 16.6. The van der Waals surface area contributed by atoms with Crippen molar-refractivity contribution in [1.82, 2.24) is 10.3 Å². The number of hydrogen-bond donors (Lipinski definition) is 1. The van der Waals surface area contributed by atoms with E-state index in [4.69, 9.17) is 4.74 Å². The van der Waals surface area contributed by atoms with E-state index in [9.17, 15) is 18.0 Å². The third kappa shape index (κ3) is 4.97. The van der Waals surface area contributed by atoms with Gasteiger partial charge in [-0.3, -0.25) is 4.79 Å². The van der Waals surface area contributed by atoms with Gasteiger partial charge in [0.15, 0.2) is 9.84 Å². The molecule has 3 rings (SSSR count). The second-order valence-electron chi connectivity index (χ2n) is 6.36. The number of nitrogens with zero attached hydrogens (tertiary/aromatic N) is 1. The van der Waals surface area contributed by atoms with Crippen molar-refractivity contribution in [3.63, 3.8) is 0 Å². The molecule has 0 bridgehead atoms. The number of pyridine rings is 1. The van der Waals surface area contributed by atoms with Gasteiger partial charge >= 0.3 is 5.97 Å². The van der Waals surface area contributed by atoms with E-state index in [-0.39, 0.29) is 22.8 Å². The lowest BCUT2D eigenvalue weighted by Crippen LogP contribution is -2.42. The fraction of sp³-hybridized carbons (Fsp3) is 0.190. The zero-order valence-electron chi connectivity index (χ0n) is 15.7. The average molecular weight is 412 g/mol. The van der Waals surface area contributed by atoms with Gasteiger partial charge in [-0.05, 0) is 30.7 Å². The number of carbonyl (C=O) groups excluding carboxylic acids is 2. The molecule has 0 aliphatic heterocycles. The Morgan fingerprint density at radius 3 is 2.41 bits per heavy atom. The maximum Gasteiger partial charge on any atom is 0.328 e. The number of aromatic nitrogens is 1. The molecule has 0 unspecified atom stereocenters. The number of esters is 1. The maximum atomic E-state index is 12.6. The predicted molar refractivity (Wildman–Crippen MR) is 108 cm³/mol. The summed E-state index contributed by atoms with van der Waals surface area (Å²) in [6.07, 6.45) is -0.122. The number of amides is 1. The van der Waals surface area contributed by atoms with Crippen LogP contribution in [0.25, 0.3) is 10.9 Å². The normalized spacial score (nSPS) is 12.3. The number of methoxy groups -OCH3 is 1. The van der Waals surface area contributed by atoms with Crippen molar-refractivity contribution in [3.05, 3.63) is 72.4 Å². The van der Waals surface area contributed by atoms with Gasteiger partial charge in [0.05, 0.1) is 23.3 Å². The van der Waals surface area contributed by atoms with Gasteiger partial charge in [-0.25, -0.2) is 18.2 Å². The Labute approximate surface area is 168 Å². The summed E-state index contributed by atoms with van der Waals surface area (Å²) in [6, 6.07) is 17.4. The van der Waals surface area contributed by atoms with Crippen LogP contribution in [0.5, 0.6) is 0 Å². The van der Waals surface area contributed by atoms with Crippen LogP contribution >= 0.6 is 0 Å². The molecule has 1 aromatic heterocycles. The summed E-state index contributed by atoms with van der Waals surface area (Å²) in [4.78, 5) is 29.1. The molecule has 7 nitrogen and oxygen atoms in total. The van der Waals surface area contributed by atoms with Crippen LogP contribution in [0, 0.1) is 0 Å². The first kappa shape index (κ1) is 20.5. The number of rotatable bonds is 7. The molecule has 1 atom stereocenters. The van der Waals surface area contributed by atoms with Crippen molar-refractivity contribution in [2.45, 2.75) is 17.4 Å². The van der Waals surface area contributed by atoms with Gasteiger partial charge in [0.25, 0.3) is 5.91 Å². The zero-order chi connectivity index (χ0) is 20.9. The molecular weight excluding hydrogens is 392 g/mol. The summed E-state index contributed by atoms with van der Waals surface area (Å²) in [5.41, 5.74) is 0.768. The molecule has 0 aliphatic carbocycles. The second kappa shape index (κ2) is 8.83. The Balaban J connectivity index is 1.74. The van der Waals surface area contributed by atoms with Crippen LogP contribution in [0.1, 0.15) is 16.9 Å². The van der Waals surface area contributed by atoms with Crippen LogP contribution in [0.3, 0.4) is 0 Å². The summed E-state index contributed by atoms with van der Waals surface area (Å²) < 4.78 is 29.7. The van der Waals surface area contributed by atoms with Crippen LogP contribution in [-0.2, 0) is 19.4 Å². The minimum atomic E-state index is -3.60. The molecule has 1 amide bonds. The first-order chi connectivity index (χ1) is 13.9. The van der Waals surface area contributed by atoms with Gasteiger partial charge in [0.1, 0.15) is 11.7 Å². The molecule has 0 fully saturated rings. The summed E-state index contributed by atoms with van der Waals surface area (Å²) in [5.74, 6) is -1.62. The molecule has 0 saturated carbocycles. The van der Waals surface area contributed by atoms with E-state index in [2.05, 4.69) is 10.3 Å². The van der Waals surface area contributed by atoms with Crippen molar-refractivity contribution in [2.75, 3.05) is 12.9 Å². The number of carbonyl (C=O) groups is 2.